The van der Waals surface area contributed by atoms with Gasteiger partial charge in [0.05, 0.1) is 6.54 Å². The Kier molecular flexibility index (Phi) is 4.66. The Hall–Kier alpha value is -0.570. The van der Waals surface area contributed by atoms with E-state index in [1.165, 1.54) is 32.1 Å². The molecule has 104 valence electrons. The van der Waals surface area contributed by atoms with Gasteiger partial charge in [-0.2, -0.15) is 0 Å². The van der Waals surface area contributed by atoms with Gasteiger partial charge >= 0.3 is 0 Å². The van der Waals surface area contributed by atoms with E-state index in [9.17, 15) is 4.79 Å². The number of rotatable bonds is 5. The molecule has 0 aliphatic heterocycles. The summed E-state index contributed by atoms with van der Waals surface area (Å²) in [7, 11) is 0. The van der Waals surface area contributed by atoms with Crippen LogP contribution in [0, 0.1) is 11.8 Å². The molecule has 1 amide bonds. The number of nitrogens with zero attached hydrogens (tertiary/aromatic N) is 1. The molecule has 3 unspecified atom stereocenters. The first kappa shape index (κ1) is 13.9. The predicted octanol–water partition coefficient (Wildman–Crippen LogP) is 2.41. The van der Waals surface area contributed by atoms with Crippen molar-refractivity contribution in [3.05, 3.63) is 0 Å². The van der Waals surface area contributed by atoms with Crippen LogP contribution in [0.1, 0.15) is 52.9 Å². The second-order valence-electron chi connectivity index (χ2n) is 6.29. The molecule has 2 saturated carbocycles. The van der Waals surface area contributed by atoms with Crippen molar-refractivity contribution in [2.45, 2.75) is 65.0 Å². The average Bonchev–Trinajstić information content (AvgIpc) is 3.13. The molecule has 0 saturated heterocycles. The Bertz CT molecular complexity index is 288. The van der Waals surface area contributed by atoms with Gasteiger partial charge in [0, 0.05) is 18.6 Å². The van der Waals surface area contributed by atoms with Gasteiger partial charge in [0.2, 0.25) is 5.91 Å². The number of hydrogen-bond donors (Lipinski definition) is 1. The maximum absolute atomic E-state index is 12.1. The highest BCUT2D eigenvalue weighted by Crippen LogP contribution is 2.29. The van der Waals surface area contributed by atoms with Crippen LogP contribution in [-0.2, 0) is 4.79 Å². The lowest BCUT2D eigenvalue weighted by atomic mass is 9.80. The summed E-state index contributed by atoms with van der Waals surface area (Å²) in [6.45, 7) is 8.14. The molecule has 0 spiro atoms. The molecule has 2 aliphatic rings. The molecule has 0 aromatic carbocycles. The molecule has 2 aliphatic carbocycles. The van der Waals surface area contributed by atoms with Gasteiger partial charge < -0.3 is 10.2 Å². The van der Waals surface area contributed by atoms with E-state index in [0.29, 0.717) is 30.5 Å². The first-order valence-corrected chi connectivity index (χ1v) is 7.64. The summed E-state index contributed by atoms with van der Waals surface area (Å²) < 4.78 is 0. The van der Waals surface area contributed by atoms with Crippen molar-refractivity contribution in [1.82, 2.24) is 10.2 Å². The SMILES string of the molecule is CCN(C(=O)CNC1CCC(C)CC1C)C1CC1. The van der Waals surface area contributed by atoms with Gasteiger partial charge in [-0.15, -0.1) is 0 Å². The van der Waals surface area contributed by atoms with E-state index in [1.54, 1.807) is 0 Å². The van der Waals surface area contributed by atoms with Crippen LogP contribution in [0.4, 0.5) is 0 Å². The third kappa shape index (κ3) is 3.47. The van der Waals surface area contributed by atoms with Crippen molar-refractivity contribution in [1.29, 1.82) is 0 Å². The molecule has 2 fully saturated rings. The van der Waals surface area contributed by atoms with Gasteiger partial charge in [-0.3, -0.25) is 4.79 Å². The van der Waals surface area contributed by atoms with Crippen LogP contribution in [0.5, 0.6) is 0 Å². The molecule has 0 bridgehead atoms. The highest BCUT2D eigenvalue weighted by Gasteiger charge is 2.32. The topological polar surface area (TPSA) is 32.3 Å². The van der Waals surface area contributed by atoms with Crippen molar-refractivity contribution in [2.24, 2.45) is 11.8 Å². The van der Waals surface area contributed by atoms with E-state index in [2.05, 4.69) is 26.1 Å². The molecule has 2 rings (SSSR count). The molecule has 0 aromatic heterocycles. The molecular weight excluding hydrogens is 224 g/mol. The molecule has 0 heterocycles. The minimum Gasteiger partial charge on any atom is -0.339 e. The highest BCUT2D eigenvalue weighted by molar-refractivity contribution is 5.78. The van der Waals surface area contributed by atoms with Gasteiger partial charge in [0.1, 0.15) is 0 Å². The number of carbonyl (C=O) groups excluding carboxylic acids is 1. The lowest BCUT2D eigenvalue weighted by Gasteiger charge is -2.33. The van der Waals surface area contributed by atoms with Crippen molar-refractivity contribution in [3.63, 3.8) is 0 Å². The fraction of sp³-hybridized carbons (Fsp3) is 0.933. The Morgan fingerprint density at radius 3 is 2.50 bits per heavy atom. The average molecular weight is 252 g/mol. The zero-order valence-corrected chi connectivity index (χ0v) is 12.1. The molecule has 3 heteroatoms. The largest absolute Gasteiger partial charge is 0.339 e. The Balaban J connectivity index is 1.75. The highest BCUT2D eigenvalue weighted by atomic mass is 16.2. The third-order valence-corrected chi connectivity index (χ3v) is 4.60. The molecule has 3 atom stereocenters. The van der Waals surface area contributed by atoms with E-state index in [-0.39, 0.29) is 0 Å². The summed E-state index contributed by atoms with van der Waals surface area (Å²) >= 11 is 0. The van der Waals surface area contributed by atoms with Crippen LogP contribution in [-0.4, -0.2) is 36.0 Å². The quantitative estimate of drug-likeness (QED) is 0.815. The van der Waals surface area contributed by atoms with Crippen LogP contribution < -0.4 is 5.32 Å². The smallest absolute Gasteiger partial charge is 0.236 e. The predicted molar refractivity (Wildman–Crippen MR) is 74.4 cm³/mol. The van der Waals surface area contributed by atoms with Crippen LogP contribution in [0.2, 0.25) is 0 Å². The second kappa shape index (κ2) is 6.05. The van der Waals surface area contributed by atoms with Crippen molar-refractivity contribution in [2.75, 3.05) is 13.1 Å². The summed E-state index contributed by atoms with van der Waals surface area (Å²) in [4.78, 5) is 14.2. The lowest BCUT2D eigenvalue weighted by Crippen LogP contribution is -2.46. The van der Waals surface area contributed by atoms with Crippen molar-refractivity contribution in [3.8, 4) is 0 Å². The third-order valence-electron chi connectivity index (χ3n) is 4.60. The molecule has 1 N–H and O–H groups in total. The molecule has 0 radical (unpaired) electrons. The molecule has 3 nitrogen and oxygen atoms in total. The van der Waals surface area contributed by atoms with Crippen molar-refractivity contribution >= 4 is 5.91 Å². The van der Waals surface area contributed by atoms with Gasteiger partial charge in [-0.1, -0.05) is 13.8 Å². The minimum atomic E-state index is 0.297. The van der Waals surface area contributed by atoms with Crippen LogP contribution in [0.25, 0.3) is 0 Å². The molecule has 0 aromatic rings. The van der Waals surface area contributed by atoms with E-state index >= 15 is 0 Å². The van der Waals surface area contributed by atoms with Gasteiger partial charge in [0.15, 0.2) is 0 Å². The summed E-state index contributed by atoms with van der Waals surface area (Å²) in [5.41, 5.74) is 0. The number of nitrogens with one attached hydrogen (secondary N) is 1. The summed E-state index contributed by atoms with van der Waals surface area (Å²) in [5, 5.41) is 3.50. The standard InChI is InChI=1S/C15H28N2O/c1-4-17(13-6-7-13)15(18)10-16-14-8-5-11(2)9-12(14)3/h11-14,16H,4-10H2,1-3H3. The zero-order chi connectivity index (χ0) is 13.1. The van der Waals surface area contributed by atoms with Gasteiger partial charge in [-0.05, 0) is 50.9 Å². The fourth-order valence-electron chi connectivity index (χ4n) is 3.31. The second-order valence-corrected chi connectivity index (χ2v) is 6.29. The number of hydrogen-bond acceptors (Lipinski definition) is 2. The van der Waals surface area contributed by atoms with Gasteiger partial charge in [-0.25, -0.2) is 0 Å². The van der Waals surface area contributed by atoms with Crippen LogP contribution >= 0.6 is 0 Å². The normalized spacial score (nSPS) is 32.3. The fourth-order valence-corrected chi connectivity index (χ4v) is 3.31. The number of amides is 1. The zero-order valence-electron chi connectivity index (χ0n) is 12.1. The monoisotopic (exact) mass is 252 g/mol. The maximum Gasteiger partial charge on any atom is 0.236 e. The Morgan fingerprint density at radius 2 is 1.94 bits per heavy atom. The van der Waals surface area contributed by atoms with E-state index in [0.717, 1.165) is 12.5 Å². The molecule has 18 heavy (non-hydrogen) atoms. The maximum atomic E-state index is 12.1. The summed E-state index contributed by atoms with van der Waals surface area (Å²) in [6, 6.07) is 1.09. The first-order valence-electron chi connectivity index (χ1n) is 7.64. The van der Waals surface area contributed by atoms with Gasteiger partial charge in [0.25, 0.3) is 0 Å². The number of likely N-dealkylation sites (N-methyl/N-ethyl adjacent to an activating group) is 1. The lowest BCUT2D eigenvalue weighted by molar-refractivity contribution is -0.130. The Labute approximate surface area is 111 Å². The summed E-state index contributed by atoms with van der Waals surface area (Å²) in [5.74, 6) is 1.86. The van der Waals surface area contributed by atoms with Crippen molar-refractivity contribution < 1.29 is 4.79 Å². The minimum absolute atomic E-state index is 0.297. The van der Waals surface area contributed by atoms with Crippen LogP contribution in [0.15, 0.2) is 0 Å². The summed E-state index contributed by atoms with van der Waals surface area (Å²) in [6.07, 6.45) is 6.24. The van der Waals surface area contributed by atoms with E-state index < -0.39 is 0 Å². The number of carbonyl (C=O) groups is 1. The first-order chi connectivity index (χ1) is 8.61. The Morgan fingerprint density at radius 1 is 1.22 bits per heavy atom. The van der Waals surface area contributed by atoms with Crippen LogP contribution in [0.3, 0.4) is 0 Å². The molecular formula is C15H28N2O. The van der Waals surface area contributed by atoms with E-state index in [1.807, 2.05) is 4.90 Å². The van der Waals surface area contributed by atoms with E-state index in [4.69, 9.17) is 0 Å².